The van der Waals surface area contributed by atoms with E-state index in [4.69, 9.17) is 5.73 Å². The van der Waals surface area contributed by atoms with E-state index in [0.29, 0.717) is 16.6 Å². The Hall–Kier alpha value is -2.82. The van der Waals surface area contributed by atoms with Crippen LogP contribution in [-0.2, 0) is 13.6 Å². The van der Waals surface area contributed by atoms with Gasteiger partial charge in [0.15, 0.2) is 0 Å². The van der Waals surface area contributed by atoms with Gasteiger partial charge in [0, 0.05) is 12.7 Å². The molecule has 0 amide bonds. The van der Waals surface area contributed by atoms with Crippen LogP contribution < -0.4 is 17.0 Å². The van der Waals surface area contributed by atoms with E-state index < -0.39 is 0 Å². The van der Waals surface area contributed by atoms with Crippen molar-refractivity contribution in [3.8, 4) is 0 Å². The van der Waals surface area contributed by atoms with Gasteiger partial charge in [-0.05, 0) is 29.8 Å². The third-order valence-electron chi connectivity index (χ3n) is 3.58. The summed E-state index contributed by atoms with van der Waals surface area (Å²) >= 11 is 0. The molecule has 0 saturated heterocycles. The molecule has 0 aliphatic carbocycles. The Kier molecular flexibility index (Phi) is 3.10. The molecule has 0 radical (unpaired) electrons. The first-order valence-corrected chi connectivity index (χ1v) is 6.61. The lowest BCUT2D eigenvalue weighted by molar-refractivity contribution is 0.661. The lowest BCUT2D eigenvalue weighted by Crippen LogP contribution is -2.39. The van der Waals surface area contributed by atoms with Crippen molar-refractivity contribution >= 4 is 16.6 Å². The molecule has 0 aliphatic rings. The molecular weight excluding hydrogens is 266 g/mol. The maximum absolute atomic E-state index is 12.5. The Morgan fingerprint density at radius 3 is 2.38 bits per heavy atom. The van der Waals surface area contributed by atoms with Gasteiger partial charge in [-0.25, -0.2) is 4.79 Å². The van der Waals surface area contributed by atoms with Gasteiger partial charge in [0.25, 0.3) is 5.56 Å². The van der Waals surface area contributed by atoms with Crippen molar-refractivity contribution in [1.82, 2.24) is 9.13 Å². The van der Waals surface area contributed by atoms with Gasteiger partial charge in [-0.2, -0.15) is 0 Å². The molecule has 0 unspecified atom stereocenters. The van der Waals surface area contributed by atoms with Crippen LogP contribution in [0.25, 0.3) is 10.9 Å². The maximum atomic E-state index is 12.5. The van der Waals surface area contributed by atoms with Gasteiger partial charge < -0.3 is 5.73 Å². The first kappa shape index (κ1) is 13.2. The third-order valence-corrected chi connectivity index (χ3v) is 3.58. The Bertz CT molecular complexity index is 921. The Morgan fingerprint density at radius 1 is 1.00 bits per heavy atom. The second-order valence-electron chi connectivity index (χ2n) is 4.99. The predicted molar refractivity (Wildman–Crippen MR) is 83.4 cm³/mol. The number of benzene rings is 2. The summed E-state index contributed by atoms with van der Waals surface area (Å²) in [6.07, 6.45) is 0. The van der Waals surface area contributed by atoms with E-state index >= 15 is 0 Å². The van der Waals surface area contributed by atoms with Crippen molar-refractivity contribution in [1.29, 1.82) is 0 Å². The number of para-hydroxylation sites is 1. The second kappa shape index (κ2) is 4.94. The molecule has 0 bridgehead atoms. The summed E-state index contributed by atoms with van der Waals surface area (Å²) in [6.45, 7) is 0.233. The number of hydrogen-bond donors (Lipinski definition) is 1. The first-order chi connectivity index (χ1) is 10.1. The van der Waals surface area contributed by atoms with Crippen LogP contribution in [0.3, 0.4) is 0 Å². The topological polar surface area (TPSA) is 70.0 Å². The molecule has 0 spiro atoms. The molecule has 1 heterocycles. The quantitative estimate of drug-likeness (QED) is 0.720. The standard InChI is InChI=1S/C16H15N3O2/c1-18-14-5-3-2-4-13(14)15(20)19(16(18)21)10-11-6-8-12(17)9-7-11/h2-9H,10,17H2,1H3. The molecule has 2 N–H and O–H groups in total. The third kappa shape index (κ3) is 2.23. The molecule has 1 aromatic heterocycles. The van der Waals surface area contributed by atoms with Crippen LogP contribution in [0, 0.1) is 0 Å². The summed E-state index contributed by atoms with van der Waals surface area (Å²) in [7, 11) is 1.67. The first-order valence-electron chi connectivity index (χ1n) is 6.61. The molecule has 0 aliphatic heterocycles. The largest absolute Gasteiger partial charge is 0.399 e. The smallest absolute Gasteiger partial charge is 0.331 e. The molecule has 5 heteroatoms. The lowest BCUT2D eigenvalue weighted by atomic mass is 10.2. The number of rotatable bonds is 2. The maximum Gasteiger partial charge on any atom is 0.331 e. The van der Waals surface area contributed by atoms with Crippen LogP contribution in [0.15, 0.2) is 58.1 Å². The van der Waals surface area contributed by atoms with Crippen molar-refractivity contribution in [2.24, 2.45) is 7.05 Å². The summed E-state index contributed by atoms with van der Waals surface area (Å²) in [5.74, 6) is 0. The van der Waals surface area contributed by atoms with E-state index in [1.807, 2.05) is 18.2 Å². The van der Waals surface area contributed by atoms with Crippen molar-refractivity contribution in [2.45, 2.75) is 6.54 Å². The average Bonchev–Trinajstić information content (AvgIpc) is 2.51. The number of aryl methyl sites for hydroxylation is 1. The fraction of sp³-hybridized carbons (Fsp3) is 0.125. The van der Waals surface area contributed by atoms with Crippen LogP contribution in [0.5, 0.6) is 0 Å². The number of aromatic nitrogens is 2. The van der Waals surface area contributed by atoms with Gasteiger partial charge in [0.05, 0.1) is 17.4 Å². The highest BCUT2D eigenvalue weighted by atomic mass is 16.2. The molecule has 3 rings (SSSR count). The van der Waals surface area contributed by atoms with Gasteiger partial charge in [-0.3, -0.25) is 13.9 Å². The summed E-state index contributed by atoms with van der Waals surface area (Å²) in [6, 6.07) is 14.3. The van der Waals surface area contributed by atoms with E-state index in [1.165, 1.54) is 9.13 Å². The molecule has 0 saturated carbocycles. The van der Waals surface area contributed by atoms with Gasteiger partial charge >= 0.3 is 5.69 Å². The van der Waals surface area contributed by atoms with Crippen molar-refractivity contribution in [3.05, 3.63) is 74.9 Å². The fourth-order valence-corrected chi connectivity index (χ4v) is 2.41. The zero-order valence-corrected chi connectivity index (χ0v) is 11.6. The van der Waals surface area contributed by atoms with Crippen molar-refractivity contribution in [3.63, 3.8) is 0 Å². The number of nitrogens with two attached hydrogens (primary N) is 1. The SMILES string of the molecule is Cn1c(=O)n(Cc2ccc(N)cc2)c(=O)c2ccccc21. The number of nitrogen functional groups attached to an aromatic ring is 1. The van der Waals surface area contributed by atoms with Crippen molar-refractivity contribution in [2.75, 3.05) is 5.73 Å². The summed E-state index contributed by atoms with van der Waals surface area (Å²) < 4.78 is 2.74. The van der Waals surface area contributed by atoms with Crippen LogP contribution in [0.2, 0.25) is 0 Å². The summed E-state index contributed by atoms with van der Waals surface area (Å²) in [5.41, 5.74) is 7.20. The minimum Gasteiger partial charge on any atom is -0.399 e. The minimum absolute atomic E-state index is 0.233. The lowest BCUT2D eigenvalue weighted by Gasteiger charge is -2.10. The summed E-state index contributed by atoms with van der Waals surface area (Å²) in [4.78, 5) is 24.9. The van der Waals surface area contributed by atoms with E-state index in [9.17, 15) is 9.59 Å². The highest BCUT2D eigenvalue weighted by molar-refractivity contribution is 5.77. The van der Waals surface area contributed by atoms with Crippen LogP contribution >= 0.6 is 0 Å². The van der Waals surface area contributed by atoms with Gasteiger partial charge in [-0.15, -0.1) is 0 Å². The zero-order chi connectivity index (χ0) is 15.0. The highest BCUT2D eigenvalue weighted by Crippen LogP contribution is 2.08. The summed E-state index contributed by atoms with van der Waals surface area (Å²) in [5, 5.41) is 0.537. The Labute approximate surface area is 120 Å². The van der Waals surface area contributed by atoms with Gasteiger partial charge in [0.2, 0.25) is 0 Å². The normalized spacial score (nSPS) is 10.9. The highest BCUT2D eigenvalue weighted by Gasteiger charge is 2.10. The number of nitrogens with zero attached hydrogens (tertiary/aromatic N) is 2. The van der Waals surface area contributed by atoms with Crippen LogP contribution in [0.1, 0.15) is 5.56 Å². The molecule has 21 heavy (non-hydrogen) atoms. The van der Waals surface area contributed by atoms with E-state index in [2.05, 4.69) is 0 Å². The monoisotopic (exact) mass is 281 g/mol. The average molecular weight is 281 g/mol. The van der Waals surface area contributed by atoms with E-state index in [-0.39, 0.29) is 17.8 Å². The molecule has 0 fully saturated rings. The molecule has 0 atom stereocenters. The van der Waals surface area contributed by atoms with E-state index in [1.54, 1.807) is 37.4 Å². The Balaban J connectivity index is 2.21. The molecular formula is C16H15N3O2. The van der Waals surface area contributed by atoms with Crippen molar-refractivity contribution < 1.29 is 0 Å². The van der Waals surface area contributed by atoms with E-state index in [0.717, 1.165) is 5.56 Å². The van der Waals surface area contributed by atoms with Crippen LogP contribution in [-0.4, -0.2) is 9.13 Å². The minimum atomic E-state index is -0.324. The predicted octanol–water partition coefficient (Wildman–Crippen LogP) is 1.33. The zero-order valence-electron chi connectivity index (χ0n) is 11.6. The molecule has 3 aromatic rings. The number of fused-ring (bicyclic) bond motifs is 1. The molecule has 2 aromatic carbocycles. The van der Waals surface area contributed by atoms with Crippen LogP contribution in [0.4, 0.5) is 5.69 Å². The molecule has 5 nitrogen and oxygen atoms in total. The Morgan fingerprint density at radius 2 is 1.67 bits per heavy atom. The van der Waals surface area contributed by atoms with Gasteiger partial charge in [0.1, 0.15) is 0 Å². The number of hydrogen-bond acceptors (Lipinski definition) is 3. The number of anilines is 1. The fourth-order valence-electron chi connectivity index (χ4n) is 2.41. The molecule has 106 valence electrons. The van der Waals surface area contributed by atoms with Gasteiger partial charge in [-0.1, -0.05) is 24.3 Å². The second-order valence-corrected chi connectivity index (χ2v) is 4.99.